The molecule has 2 N–H and O–H groups in total. The average molecular weight is 268 g/mol. The van der Waals surface area contributed by atoms with Crippen LogP contribution in [0.5, 0.6) is 0 Å². The molecule has 0 aliphatic heterocycles. The Morgan fingerprint density at radius 1 is 1.20 bits per heavy atom. The second kappa shape index (κ2) is 5.13. The average Bonchev–Trinajstić information content (AvgIpc) is 2.71. The van der Waals surface area contributed by atoms with Gasteiger partial charge in [-0.3, -0.25) is 0 Å². The van der Waals surface area contributed by atoms with Crippen LogP contribution in [0.3, 0.4) is 0 Å². The molecule has 82 valence electrons. The Labute approximate surface area is 100 Å². The van der Waals surface area contributed by atoms with Gasteiger partial charge in [0.25, 0.3) is 0 Å². The zero-order valence-corrected chi connectivity index (χ0v) is 10.5. The van der Waals surface area contributed by atoms with Crippen LogP contribution in [0.25, 0.3) is 0 Å². The van der Waals surface area contributed by atoms with Gasteiger partial charge < -0.3 is 5.73 Å². The van der Waals surface area contributed by atoms with Crippen LogP contribution in [0.15, 0.2) is 28.7 Å². The Morgan fingerprint density at radius 3 is 2.40 bits per heavy atom. The van der Waals surface area contributed by atoms with Crippen LogP contribution in [-0.4, -0.2) is 0 Å². The molecular formula is C13H18BrN. The minimum Gasteiger partial charge on any atom is -0.324 e. The van der Waals surface area contributed by atoms with E-state index in [2.05, 4.69) is 40.2 Å². The first-order valence-electron chi connectivity index (χ1n) is 5.77. The summed E-state index contributed by atoms with van der Waals surface area (Å²) in [6.45, 7) is 0. The van der Waals surface area contributed by atoms with Crippen molar-refractivity contribution in [3.8, 4) is 0 Å². The van der Waals surface area contributed by atoms with Crippen LogP contribution >= 0.6 is 15.9 Å². The largest absolute Gasteiger partial charge is 0.324 e. The molecule has 0 radical (unpaired) electrons. The minimum atomic E-state index is 0.223. The third-order valence-electron chi connectivity index (χ3n) is 3.36. The lowest BCUT2D eigenvalue weighted by atomic mass is 9.94. The first kappa shape index (κ1) is 11.2. The number of halogens is 1. The van der Waals surface area contributed by atoms with Gasteiger partial charge >= 0.3 is 0 Å². The van der Waals surface area contributed by atoms with Gasteiger partial charge in [0.2, 0.25) is 0 Å². The van der Waals surface area contributed by atoms with Gasteiger partial charge in [-0.15, -0.1) is 0 Å². The molecule has 1 saturated carbocycles. The quantitative estimate of drug-likeness (QED) is 0.880. The van der Waals surface area contributed by atoms with E-state index in [1.165, 1.54) is 31.2 Å². The molecule has 15 heavy (non-hydrogen) atoms. The van der Waals surface area contributed by atoms with Gasteiger partial charge in [-0.2, -0.15) is 0 Å². The Balaban J connectivity index is 1.94. The SMILES string of the molecule is NC(CC1CCCC1)c1ccc(Br)cc1. The third-order valence-corrected chi connectivity index (χ3v) is 3.89. The summed E-state index contributed by atoms with van der Waals surface area (Å²) < 4.78 is 1.12. The van der Waals surface area contributed by atoms with Crippen molar-refractivity contribution in [3.63, 3.8) is 0 Å². The maximum atomic E-state index is 6.21. The molecule has 1 unspecified atom stereocenters. The predicted molar refractivity (Wildman–Crippen MR) is 67.6 cm³/mol. The molecule has 0 heterocycles. The Hall–Kier alpha value is -0.340. The van der Waals surface area contributed by atoms with Crippen LogP contribution in [0.4, 0.5) is 0 Å². The maximum Gasteiger partial charge on any atom is 0.0297 e. The van der Waals surface area contributed by atoms with E-state index in [-0.39, 0.29) is 6.04 Å². The zero-order valence-electron chi connectivity index (χ0n) is 8.95. The lowest BCUT2D eigenvalue weighted by Gasteiger charge is -2.16. The molecule has 2 rings (SSSR count). The highest BCUT2D eigenvalue weighted by atomic mass is 79.9. The molecule has 1 aromatic carbocycles. The molecule has 0 amide bonds. The predicted octanol–water partition coefficient (Wildman–Crippen LogP) is 4.03. The molecule has 1 nitrogen and oxygen atoms in total. The number of benzene rings is 1. The highest BCUT2D eigenvalue weighted by molar-refractivity contribution is 9.10. The Bertz CT molecular complexity index is 301. The summed E-state index contributed by atoms with van der Waals surface area (Å²) in [4.78, 5) is 0. The van der Waals surface area contributed by atoms with E-state index in [1.54, 1.807) is 0 Å². The number of hydrogen-bond acceptors (Lipinski definition) is 1. The topological polar surface area (TPSA) is 26.0 Å². The van der Waals surface area contributed by atoms with Crippen LogP contribution < -0.4 is 5.73 Å². The smallest absolute Gasteiger partial charge is 0.0297 e. The highest BCUT2D eigenvalue weighted by Gasteiger charge is 2.18. The van der Waals surface area contributed by atoms with E-state index in [0.717, 1.165) is 16.8 Å². The Morgan fingerprint density at radius 2 is 1.80 bits per heavy atom. The Kier molecular flexibility index (Phi) is 3.81. The summed E-state index contributed by atoms with van der Waals surface area (Å²) in [6.07, 6.45) is 6.71. The molecule has 0 saturated heterocycles. The van der Waals surface area contributed by atoms with Gasteiger partial charge in [0.15, 0.2) is 0 Å². The normalized spacial score (nSPS) is 19.3. The molecular weight excluding hydrogens is 250 g/mol. The molecule has 0 bridgehead atoms. The van der Waals surface area contributed by atoms with Crippen molar-refractivity contribution < 1.29 is 0 Å². The zero-order chi connectivity index (χ0) is 10.7. The third kappa shape index (κ3) is 3.05. The van der Waals surface area contributed by atoms with Crippen molar-refractivity contribution in [3.05, 3.63) is 34.3 Å². The van der Waals surface area contributed by atoms with E-state index in [4.69, 9.17) is 5.73 Å². The van der Waals surface area contributed by atoms with Crippen molar-refractivity contribution in [2.24, 2.45) is 11.7 Å². The fourth-order valence-electron chi connectivity index (χ4n) is 2.45. The van der Waals surface area contributed by atoms with Crippen molar-refractivity contribution in [2.75, 3.05) is 0 Å². The molecule has 1 fully saturated rings. The summed E-state index contributed by atoms with van der Waals surface area (Å²) in [6, 6.07) is 8.63. The lowest BCUT2D eigenvalue weighted by molar-refractivity contribution is 0.451. The van der Waals surface area contributed by atoms with E-state index in [1.807, 2.05) is 0 Å². The molecule has 2 heteroatoms. The van der Waals surface area contributed by atoms with Gasteiger partial charge in [-0.1, -0.05) is 53.7 Å². The van der Waals surface area contributed by atoms with Crippen molar-refractivity contribution >= 4 is 15.9 Å². The maximum absolute atomic E-state index is 6.21. The molecule has 0 aromatic heterocycles. The molecule has 1 aromatic rings. The first-order valence-corrected chi connectivity index (χ1v) is 6.56. The lowest BCUT2D eigenvalue weighted by Crippen LogP contribution is -2.13. The van der Waals surface area contributed by atoms with Crippen LogP contribution in [0, 0.1) is 5.92 Å². The van der Waals surface area contributed by atoms with E-state index >= 15 is 0 Å². The fraction of sp³-hybridized carbons (Fsp3) is 0.538. The minimum absolute atomic E-state index is 0.223. The van der Waals surface area contributed by atoms with E-state index in [0.29, 0.717) is 0 Å². The summed E-state index contributed by atoms with van der Waals surface area (Å²) in [5.74, 6) is 0.864. The molecule has 0 spiro atoms. The molecule has 1 aliphatic carbocycles. The summed E-state index contributed by atoms with van der Waals surface area (Å²) in [5.41, 5.74) is 7.48. The second-order valence-corrected chi connectivity index (χ2v) is 5.46. The summed E-state index contributed by atoms with van der Waals surface area (Å²) >= 11 is 3.44. The fourth-order valence-corrected chi connectivity index (χ4v) is 2.72. The highest BCUT2D eigenvalue weighted by Crippen LogP contribution is 2.32. The van der Waals surface area contributed by atoms with Crippen LogP contribution in [0.1, 0.15) is 43.7 Å². The van der Waals surface area contributed by atoms with Crippen molar-refractivity contribution in [1.29, 1.82) is 0 Å². The summed E-state index contributed by atoms with van der Waals surface area (Å²) in [7, 11) is 0. The van der Waals surface area contributed by atoms with Crippen LogP contribution in [-0.2, 0) is 0 Å². The molecule has 1 atom stereocenters. The molecule has 1 aliphatic rings. The van der Waals surface area contributed by atoms with Gasteiger partial charge in [0.1, 0.15) is 0 Å². The van der Waals surface area contributed by atoms with Crippen molar-refractivity contribution in [1.82, 2.24) is 0 Å². The second-order valence-electron chi connectivity index (χ2n) is 4.54. The van der Waals surface area contributed by atoms with E-state index < -0.39 is 0 Å². The van der Waals surface area contributed by atoms with Gasteiger partial charge in [0, 0.05) is 10.5 Å². The number of nitrogens with two attached hydrogens (primary N) is 1. The van der Waals surface area contributed by atoms with Crippen molar-refractivity contribution in [2.45, 2.75) is 38.1 Å². The van der Waals surface area contributed by atoms with Crippen LogP contribution in [0.2, 0.25) is 0 Å². The number of rotatable bonds is 3. The van der Waals surface area contributed by atoms with Gasteiger partial charge in [-0.05, 0) is 30.0 Å². The summed E-state index contributed by atoms with van der Waals surface area (Å²) in [5, 5.41) is 0. The van der Waals surface area contributed by atoms with Gasteiger partial charge in [0.05, 0.1) is 0 Å². The first-order chi connectivity index (χ1) is 7.25. The van der Waals surface area contributed by atoms with Gasteiger partial charge in [-0.25, -0.2) is 0 Å². The standard InChI is InChI=1S/C13H18BrN/c14-12-7-5-11(6-8-12)13(15)9-10-3-1-2-4-10/h5-8,10,13H,1-4,9,15H2. The number of hydrogen-bond donors (Lipinski definition) is 1. The van der Waals surface area contributed by atoms with E-state index in [9.17, 15) is 0 Å². The monoisotopic (exact) mass is 267 g/mol.